The van der Waals surface area contributed by atoms with Crippen LogP contribution in [0.3, 0.4) is 0 Å². The number of halogens is 1. The molecule has 3 aromatic carbocycles. The number of nitrogens with zero attached hydrogens (tertiary/aromatic N) is 4. The summed E-state index contributed by atoms with van der Waals surface area (Å²) in [6, 6.07) is 22.4. The van der Waals surface area contributed by atoms with E-state index < -0.39 is 0 Å². The molecule has 0 unspecified atom stereocenters. The number of piperazine rings is 1. The number of hydrogen-bond acceptors (Lipinski definition) is 7. The number of carbonyl (C=O) groups excluding carboxylic acids is 1. The summed E-state index contributed by atoms with van der Waals surface area (Å²) in [6.07, 6.45) is 7.93. The van der Waals surface area contributed by atoms with Crippen molar-refractivity contribution in [2.24, 2.45) is 0 Å². The van der Waals surface area contributed by atoms with Gasteiger partial charge >= 0.3 is 5.97 Å². The molecule has 0 amide bonds. The number of benzene rings is 3. The minimum atomic E-state index is -0.312. The van der Waals surface area contributed by atoms with Gasteiger partial charge in [-0.3, -0.25) is 4.90 Å². The summed E-state index contributed by atoms with van der Waals surface area (Å²) in [7, 11) is 1.43. The minimum Gasteiger partial charge on any atom is -0.465 e. The second-order valence-electron chi connectivity index (χ2n) is 11.0. The van der Waals surface area contributed by atoms with Crippen LogP contribution in [0.4, 0.5) is 5.69 Å². The SMILES string of the molecule is COC(=O)c1ccc(-c2ccc(-c3ncc(N4CCN(CCc5ccc(Cl)cc5)CC4)cn3)cc2)cc1C1=CCNCC1. The zero-order valence-corrected chi connectivity index (χ0v) is 25.2. The highest BCUT2D eigenvalue weighted by Gasteiger charge is 2.19. The first kappa shape index (κ1) is 29.1. The van der Waals surface area contributed by atoms with E-state index in [9.17, 15) is 4.79 Å². The lowest BCUT2D eigenvalue weighted by atomic mass is 9.91. The van der Waals surface area contributed by atoms with Crippen LogP contribution in [-0.2, 0) is 11.2 Å². The summed E-state index contributed by atoms with van der Waals surface area (Å²) in [6.45, 7) is 6.71. The number of rotatable bonds is 8. The Balaban J connectivity index is 1.09. The molecule has 0 bridgehead atoms. The van der Waals surface area contributed by atoms with Gasteiger partial charge in [0, 0.05) is 49.9 Å². The molecule has 2 aliphatic heterocycles. The Morgan fingerprint density at radius 2 is 1.60 bits per heavy atom. The number of hydrogen-bond donors (Lipinski definition) is 1. The molecule has 2 aliphatic rings. The van der Waals surface area contributed by atoms with Gasteiger partial charge in [-0.1, -0.05) is 60.1 Å². The van der Waals surface area contributed by atoms with Crippen molar-refractivity contribution in [3.63, 3.8) is 0 Å². The third-order valence-electron chi connectivity index (χ3n) is 8.32. The van der Waals surface area contributed by atoms with Gasteiger partial charge in [0.25, 0.3) is 0 Å². The topological polar surface area (TPSA) is 70.6 Å². The van der Waals surface area contributed by atoms with Crippen molar-refractivity contribution in [1.82, 2.24) is 20.2 Å². The van der Waals surface area contributed by atoms with E-state index in [0.717, 1.165) is 91.6 Å². The molecule has 8 heteroatoms. The maximum atomic E-state index is 12.5. The largest absolute Gasteiger partial charge is 0.465 e. The zero-order chi connectivity index (χ0) is 29.6. The van der Waals surface area contributed by atoms with Gasteiger partial charge in [0.2, 0.25) is 0 Å². The van der Waals surface area contributed by atoms with Gasteiger partial charge in [0.05, 0.1) is 30.8 Å². The predicted octanol–water partition coefficient (Wildman–Crippen LogP) is 5.99. The zero-order valence-electron chi connectivity index (χ0n) is 24.4. The van der Waals surface area contributed by atoms with Crippen molar-refractivity contribution < 1.29 is 9.53 Å². The molecule has 0 aliphatic carbocycles. The third-order valence-corrected chi connectivity index (χ3v) is 8.57. The second kappa shape index (κ2) is 13.5. The van der Waals surface area contributed by atoms with Crippen molar-refractivity contribution in [3.05, 3.63) is 107 Å². The molecule has 0 atom stereocenters. The van der Waals surface area contributed by atoms with E-state index in [-0.39, 0.29) is 5.97 Å². The van der Waals surface area contributed by atoms with Gasteiger partial charge in [0.15, 0.2) is 5.82 Å². The first-order valence-corrected chi connectivity index (χ1v) is 15.2. The number of ether oxygens (including phenoxy) is 1. The van der Waals surface area contributed by atoms with Crippen LogP contribution >= 0.6 is 11.6 Å². The van der Waals surface area contributed by atoms with Gasteiger partial charge in [-0.15, -0.1) is 0 Å². The lowest BCUT2D eigenvalue weighted by molar-refractivity contribution is 0.0600. The van der Waals surface area contributed by atoms with E-state index in [4.69, 9.17) is 26.3 Å². The van der Waals surface area contributed by atoms with Crippen molar-refractivity contribution in [3.8, 4) is 22.5 Å². The highest BCUT2D eigenvalue weighted by atomic mass is 35.5. The quantitative estimate of drug-likeness (QED) is 0.252. The summed E-state index contributed by atoms with van der Waals surface area (Å²) >= 11 is 6.01. The number of carbonyl (C=O) groups is 1. The fourth-order valence-electron chi connectivity index (χ4n) is 5.76. The fourth-order valence-corrected chi connectivity index (χ4v) is 5.88. The smallest absolute Gasteiger partial charge is 0.338 e. The lowest BCUT2D eigenvalue weighted by Gasteiger charge is -2.35. The Hall–Kier alpha value is -4.04. The fraction of sp³-hybridized carbons (Fsp3) is 0.286. The molecule has 1 N–H and O–H groups in total. The molecule has 1 fully saturated rings. The highest BCUT2D eigenvalue weighted by Crippen LogP contribution is 2.31. The van der Waals surface area contributed by atoms with Crippen LogP contribution in [-0.4, -0.2) is 73.8 Å². The number of esters is 1. The number of nitrogens with one attached hydrogen (secondary N) is 1. The summed E-state index contributed by atoms with van der Waals surface area (Å²) in [5, 5.41) is 4.12. The first-order chi connectivity index (χ1) is 21.1. The van der Waals surface area contributed by atoms with Crippen LogP contribution < -0.4 is 10.2 Å². The highest BCUT2D eigenvalue weighted by molar-refractivity contribution is 6.30. The number of methoxy groups -OCH3 is 1. The monoisotopic (exact) mass is 593 g/mol. The maximum absolute atomic E-state index is 12.5. The van der Waals surface area contributed by atoms with Crippen LogP contribution in [0.15, 0.2) is 85.2 Å². The summed E-state index contributed by atoms with van der Waals surface area (Å²) in [4.78, 5) is 26.7. The van der Waals surface area contributed by atoms with Gasteiger partial charge in [-0.25, -0.2) is 14.8 Å². The molecule has 4 aromatic rings. The molecule has 3 heterocycles. The van der Waals surface area contributed by atoms with Gasteiger partial charge < -0.3 is 15.0 Å². The van der Waals surface area contributed by atoms with E-state index in [1.165, 1.54) is 18.2 Å². The average Bonchev–Trinajstić information content (AvgIpc) is 3.08. The molecular weight excluding hydrogens is 558 g/mol. The normalized spacial score (nSPS) is 15.7. The molecule has 6 rings (SSSR count). The Bertz CT molecular complexity index is 1580. The molecular formula is C35H36ClN5O2. The van der Waals surface area contributed by atoms with Crippen LogP contribution in [0.1, 0.15) is 27.9 Å². The van der Waals surface area contributed by atoms with E-state index in [2.05, 4.69) is 63.7 Å². The van der Waals surface area contributed by atoms with Crippen molar-refractivity contribution in [1.29, 1.82) is 0 Å². The molecule has 0 spiro atoms. The van der Waals surface area contributed by atoms with Gasteiger partial charge in [-0.05, 0) is 71.5 Å². The van der Waals surface area contributed by atoms with E-state index in [1.54, 1.807) is 0 Å². The second-order valence-corrected chi connectivity index (χ2v) is 11.4. The summed E-state index contributed by atoms with van der Waals surface area (Å²) in [5.74, 6) is 0.395. The lowest BCUT2D eigenvalue weighted by Crippen LogP contribution is -2.47. The van der Waals surface area contributed by atoms with E-state index in [1.807, 2.05) is 36.7 Å². The van der Waals surface area contributed by atoms with E-state index >= 15 is 0 Å². The third kappa shape index (κ3) is 6.96. The van der Waals surface area contributed by atoms with Crippen LogP contribution in [0.2, 0.25) is 5.02 Å². The van der Waals surface area contributed by atoms with Gasteiger partial charge in [0.1, 0.15) is 0 Å². The molecule has 0 saturated carbocycles. The van der Waals surface area contributed by atoms with Crippen molar-refractivity contribution in [2.75, 3.05) is 57.8 Å². The summed E-state index contributed by atoms with van der Waals surface area (Å²) < 4.78 is 5.05. The average molecular weight is 594 g/mol. The predicted molar refractivity (Wildman–Crippen MR) is 174 cm³/mol. The molecule has 7 nitrogen and oxygen atoms in total. The Labute approximate surface area is 258 Å². The van der Waals surface area contributed by atoms with Crippen molar-refractivity contribution in [2.45, 2.75) is 12.8 Å². The maximum Gasteiger partial charge on any atom is 0.338 e. The Kier molecular flexibility index (Phi) is 9.13. The first-order valence-electron chi connectivity index (χ1n) is 14.8. The van der Waals surface area contributed by atoms with Gasteiger partial charge in [-0.2, -0.15) is 0 Å². The Morgan fingerprint density at radius 1 is 0.907 bits per heavy atom. The number of anilines is 1. The van der Waals surface area contributed by atoms with Crippen LogP contribution in [0.5, 0.6) is 0 Å². The standard InChI is InChI=1S/C35H36ClN5O2/c1-43-35(42)32-11-8-29(22-33(32)27-12-15-37-16-13-27)26-4-6-28(7-5-26)34-38-23-31(24-39-34)41-20-18-40(19-21-41)17-14-25-2-9-30(36)10-3-25/h2-12,22-24,37H,13-21H2,1H3. The molecule has 0 radical (unpaired) electrons. The Morgan fingerprint density at radius 3 is 2.28 bits per heavy atom. The minimum absolute atomic E-state index is 0.312. The number of aromatic nitrogens is 2. The summed E-state index contributed by atoms with van der Waals surface area (Å²) in [5.41, 5.74) is 8.18. The molecule has 1 saturated heterocycles. The molecule has 43 heavy (non-hydrogen) atoms. The van der Waals surface area contributed by atoms with Crippen LogP contribution in [0, 0.1) is 0 Å². The van der Waals surface area contributed by atoms with E-state index in [0.29, 0.717) is 11.4 Å². The van der Waals surface area contributed by atoms with Crippen LogP contribution in [0.25, 0.3) is 28.1 Å². The molecule has 220 valence electrons. The molecule has 1 aromatic heterocycles. The van der Waals surface area contributed by atoms with Crippen molar-refractivity contribution >= 4 is 28.8 Å².